The molecule has 34 heavy (non-hydrogen) atoms. The van der Waals surface area contributed by atoms with Crippen molar-refractivity contribution in [1.82, 2.24) is 5.32 Å². The van der Waals surface area contributed by atoms with Crippen LogP contribution in [0.2, 0.25) is 0 Å². The highest BCUT2D eigenvalue weighted by Crippen LogP contribution is 2.44. The Bertz CT molecular complexity index is 979. The molecule has 6 nitrogen and oxygen atoms in total. The van der Waals surface area contributed by atoms with Gasteiger partial charge in [-0.25, -0.2) is 9.59 Å². The van der Waals surface area contributed by atoms with E-state index in [0.717, 1.165) is 18.9 Å². The number of carbonyl (C=O) groups is 2. The lowest BCUT2D eigenvalue weighted by atomic mass is 9.78. The molecule has 0 spiro atoms. The van der Waals surface area contributed by atoms with Gasteiger partial charge in [0.2, 0.25) is 0 Å². The van der Waals surface area contributed by atoms with E-state index >= 15 is 0 Å². The molecule has 2 aliphatic rings. The van der Waals surface area contributed by atoms with E-state index in [-0.39, 0.29) is 29.4 Å². The molecule has 1 aromatic rings. The van der Waals surface area contributed by atoms with Gasteiger partial charge in [0, 0.05) is 11.4 Å². The van der Waals surface area contributed by atoms with Gasteiger partial charge in [0.05, 0.1) is 29.2 Å². The molecule has 0 amide bonds. The number of dihydropyridines is 1. The van der Waals surface area contributed by atoms with E-state index in [1.165, 1.54) is 18.2 Å². The largest absolute Gasteiger partial charge is 0.462 e. The number of halogens is 3. The zero-order valence-corrected chi connectivity index (χ0v) is 19.5. The van der Waals surface area contributed by atoms with E-state index in [1.807, 2.05) is 0 Å². The maximum absolute atomic E-state index is 14.0. The number of allylic oxidation sites excluding steroid dienone is 2. The molecule has 1 aliphatic heterocycles. The second-order valence-corrected chi connectivity index (χ2v) is 8.66. The molecule has 1 unspecified atom stereocenters. The minimum Gasteiger partial charge on any atom is -0.462 e. The van der Waals surface area contributed by atoms with E-state index in [2.05, 4.69) is 5.32 Å². The van der Waals surface area contributed by atoms with Gasteiger partial charge in [-0.15, -0.1) is 0 Å². The number of hydrogen-bond donors (Lipinski definition) is 2. The highest BCUT2D eigenvalue weighted by molar-refractivity contribution is 6.00. The first kappa shape index (κ1) is 25.8. The van der Waals surface area contributed by atoms with Crippen LogP contribution in [0.15, 0.2) is 46.8 Å². The summed E-state index contributed by atoms with van der Waals surface area (Å²) in [4.78, 5) is 26.4. The molecule has 3 N–H and O–H groups in total. The molecule has 1 heterocycles. The van der Waals surface area contributed by atoms with Crippen LogP contribution < -0.4 is 11.1 Å². The summed E-state index contributed by atoms with van der Waals surface area (Å²) in [5, 5.41) is 2.98. The summed E-state index contributed by atoms with van der Waals surface area (Å²) in [5.41, 5.74) is 5.01. The predicted molar refractivity (Wildman–Crippen MR) is 120 cm³/mol. The topological polar surface area (TPSA) is 90.7 Å². The molecule has 9 heteroatoms. The number of hydrogen-bond acceptors (Lipinski definition) is 6. The van der Waals surface area contributed by atoms with Crippen molar-refractivity contribution in [2.45, 2.75) is 70.6 Å². The van der Waals surface area contributed by atoms with Crippen molar-refractivity contribution in [3.63, 3.8) is 0 Å². The monoisotopic (exact) mass is 480 g/mol. The van der Waals surface area contributed by atoms with Gasteiger partial charge >= 0.3 is 18.1 Å². The minimum absolute atomic E-state index is 0.0110. The first-order valence-electron chi connectivity index (χ1n) is 11.6. The van der Waals surface area contributed by atoms with Crippen molar-refractivity contribution >= 4 is 11.9 Å². The zero-order chi connectivity index (χ0) is 24.9. The van der Waals surface area contributed by atoms with Crippen LogP contribution in [0.3, 0.4) is 0 Å². The molecular formula is C25H31F3N2O4. The Morgan fingerprint density at radius 3 is 2.26 bits per heavy atom. The van der Waals surface area contributed by atoms with E-state index in [4.69, 9.17) is 15.2 Å². The average molecular weight is 481 g/mol. The lowest BCUT2D eigenvalue weighted by molar-refractivity contribution is -0.145. The molecular weight excluding hydrogens is 449 g/mol. The summed E-state index contributed by atoms with van der Waals surface area (Å²) in [6.07, 6.45) is -0.536. The maximum atomic E-state index is 14.0. The molecule has 0 radical (unpaired) electrons. The average Bonchev–Trinajstić information content (AvgIpc) is 3.28. The Morgan fingerprint density at radius 2 is 1.65 bits per heavy atom. The molecule has 0 saturated heterocycles. The van der Waals surface area contributed by atoms with Gasteiger partial charge in [-0.05, 0) is 70.5 Å². The van der Waals surface area contributed by atoms with Crippen LogP contribution in [-0.2, 0) is 25.2 Å². The van der Waals surface area contributed by atoms with E-state index in [1.54, 1.807) is 13.8 Å². The normalized spacial score (nSPS) is 19.3. The fraction of sp³-hybridized carbons (Fsp3) is 0.520. The second kappa shape index (κ2) is 11.1. The molecule has 0 bridgehead atoms. The van der Waals surface area contributed by atoms with Crippen molar-refractivity contribution in [3.05, 3.63) is 57.9 Å². The first-order valence-corrected chi connectivity index (χ1v) is 11.6. The second-order valence-electron chi connectivity index (χ2n) is 8.66. The highest BCUT2D eigenvalue weighted by Gasteiger charge is 2.43. The molecule has 0 aromatic heterocycles. The SMILES string of the molecule is CC1=C(C(=O)OCCCCN)C(c2ccccc2C(F)(F)F)C(C(=O)OC2CCCC2)=C(C)N1. The summed E-state index contributed by atoms with van der Waals surface area (Å²) in [5.74, 6) is -2.78. The van der Waals surface area contributed by atoms with Crippen LogP contribution in [0, 0.1) is 0 Å². The Hall–Kier alpha value is -2.81. The highest BCUT2D eigenvalue weighted by atomic mass is 19.4. The number of nitrogens with two attached hydrogens (primary N) is 1. The Labute approximate surface area is 197 Å². The summed E-state index contributed by atoms with van der Waals surface area (Å²) >= 11 is 0. The number of rotatable bonds is 8. The van der Waals surface area contributed by atoms with Crippen molar-refractivity contribution in [2.24, 2.45) is 5.73 Å². The lowest BCUT2D eigenvalue weighted by Gasteiger charge is -2.32. The van der Waals surface area contributed by atoms with Crippen molar-refractivity contribution in [3.8, 4) is 0 Å². The van der Waals surface area contributed by atoms with Crippen molar-refractivity contribution in [1.29, 1.82) is 0 Å². The summed E-state index contributed by atoms with van der Waals surface area (Å²) in [6.45, 7) is 3.69. The molecule has 1 saturated carbocycles. The van der Waals surface area contributed by atoms with Crippen LogP contribution in [0.4, 0.5) is 13.2 Å². The third-order valence-electron chi connectivity index (χ3n) is 6.18. The molecule has 1 atom stereocenters. The van der Waals surface area contributed by atoms with Gasteiger partial charge in [0.25, 0.3) is 0 Å². The Kier molecular flexibility index (Phi) is 8.41. The summed E-state index contributed by atoms with van der Waals surface area (Å²) < 4.78 is 53.0. The number of unbranched alkanes of at least 4 members (excludes halogenated alkanes) is 1. The van der Waals surface area contributed by atoms with Gasteiger partial charge in [0.1, 0.15) is 6.10 Å². The number of nitrogens with one attached hydrogen (secondary N) is 1. The van der Waals surface area contributed by atoms with Crippen LogP contribution in [0.5, 0.6) is 0 Å². The predicted octanol–water partition coefficient (Wildman–Crippen LogP) is 4.71. The van der Waals surface area contributed by atoms with Gasteiger partial charge in [-0.1, -0.05) is 18.2 Å². The molecule has 1 aromatic carbocycles. The third-order valence-corrected chi connectivity index (χ3v) is 6.18. The van der Waals surface area contributed by atoms with Crippen LogP contribution in [0.25, 0.3) is 0 Å². The fourth-order valence-electron chi connectivity index (χ4n) is 4.56. The van der Waals surface area contributed by atoms with Gasteiger partial charge in [-0.3, -0.25) is 0 Å². The van der Waals surface area contributed by atoms with Crippen LogP contribution >= 0.6 is 0 Å². The van der Waals surface area contributed by atoms with Gasteiger partial charge in [-0.2, -0.15) is 13.2 Å². The number of esters is 2. The quantitative estimate of drug-likeness (QED) is 0.414. The lowest BCUT2D eigenvalue weighted by Crippen LogP contribution is -2.34. The van der Waals surface area contributed by atoms with Crippen molar-refractivity contribution in [2.75, 3.05) is 13.2 Å². The molecule has 1 fully saturated rings. The van der Waals surface area contributed by atoms with Crippen LogP contribution in [0.1, 0.15) is 69.4 Å². The number of ether oxygens (including phenoxy) is 2. The van der Waals surface area contributed by atoms with Crippen molar-refractivity contribution < 1.29 is 32.2 Å². The molecule has 186 valence electrons. The fourth-order valence-corrected chi connectivity index (χ4v) is 4.56. The maximum Gasteiger partial charge on any atom is 0.416 e. The van der Waals surface area contributed by atoms with E-state index < -0.39 is 29.6 Å². The smallest absolute Gasteiger partial charge is 0.416 e. The minimum atomic E-state index is -4.68. The van der Waals surface area contributed by atoms with Gasteiger partial charge in [0.15, 0.2) is 0 Å². The van der Waals surface area contributed by atoms with E-state index in [0.29, 0.717) is 43.6 Å². The Balaban J connectivity index is 2.07. The molecule has 3 rings (SSSR count). The summed E-state index contributed by atoms with van der Waals surface area (Å²) in [7, 11) is 0. The number of alkyl halides is 3. The van der Waals surface area contributed by atoms with Crippen LogP contribution in [-0.4, -0.2) is 31.2 Å². The standard InChI is InChI=1S/C25H31F3N2O4/c1-15-20(23(31)33-14-8-7-13-29)22(18-11-5-6-12-19(18)25(26,27)28)21(16(2)30-15)24(32)34-17-9-3-4-10-17/h5-6,11-12,17,22,30H,3-4,7-10,13-14,29H2,1-2H3. The number of carbonyl (C=O) groups excluding carboxylic acids is 2. The third kappa shape index (κ3) is 5.81. The first-order chi connectivity index (χ1) is 16.1. The van der Waals surface area contributed by atoms with E-state index in [9.17, 15) is 22.8 Å². The molecule has 1 aliphatic carbocycles. The number of benzene rings is 1. The zero-order valence-electron chi connectivity index (χ0n) is 19.5. The van der Waals surface area contributed by atoms with Gasteiger partial charge < -0.3 is 20.5 Å². The Morgan fingerprint density at radius 1 is 1.03 bits per heavy atom. The summed E-state index contributed by atoms with van der Waals surface area (Å²) in [6, 6.07) is 4.99.